The standard InChI is InChI=1S/C14H14F3N3OS/c1-8-3-4-9(18)5-10(8)13(21)20(2)6-12-19-11(7-22-12)14(15,16)17/h3-5,7H,6,18H2,1-2H3. The predicted octanol–water partition coefficient (Wildman–Crippen LogP) is 3.32. The zero-order chi connectivity index (χ0) is 16.5. The van der Waals surface area contributed by atoms with Crippen LogP contribution in [0.5, 0.6) is 0 Å². The SMILES string of the molecule is Cc1ccc(N)cc1C(=O)N(C)Cc1nc(C(F)(F)F)cs1. The third-order valence-corrected chi connectivity index (χ3v) is 3.89. The lowest BCUT2D eigenvalue weighted by atomic mass is 10.1. The van der Waals surface area contributed by atoms with Crippen LogP contribution in [0, 0.1) is 6.92 Å². The maximum atomic E-state index is 12.5. The van der Waals surface area contributed by atoms with Gasteiger partial charge in [-0.3, -0.25) is 4.79 Å². The van der Waals surface area contributed by atoms with Crippen molar-refractivity contribution in [2.24, 2.45) is 0 Å². The molecule has 0 atom stereocenters. The molecule has 2 rings (SSSR count). The molecular formula is C14H14F3N3OS. The molecule has 1 aromatic carbocycles. The molecule has 22 heavy (non-hydrogen) atoms. The van der Waals surface area contributed by atoms with Gasteiger partial charge in [0.1, 0.15) is 5.01 Å². The highest BCUT2D eigenvalue weighted by atomic mass is 32.1. The Kier molecular flexibility index (Phi) is 4.41. The first-order valence-corrected chi connectivity index (χ1v) is 7.19. The van der Waals surface area contributed by atoms with E-state index in [2.05, 4.69) is 4.98 Å². The summed E-state index contributed by atoms with van der Waals surface area (Å²) in [5.74, 6) is -0.312. The van der Waals surface area contributed by atoms with Gasteiger partial charge in [0.2, 0.25) is 0 Å². The fourth-order valence-corrected chi connectivity index (χ4v) is 2.72. The number of rotatable bonds is 3. The monoisotopic (exact) mass is 329 g/mol. The molecule has 0 aliphatic rings. The normalized spacial score (nSPS) is 11.5. The molecule has 0 bridgehead atoms. The van der Waals surface area contributed by atoms with Crippen LogP contribution in [0.15, 0.2) is 23.6 Å². The molecule has 8 heteroatoms. The summed E-state index contributed by atoms with van der Waals surface area (Å²) in [7, 11) is 1.51. The molecule has 2 N–H and O–H groups in total. The Morgan fingerprint density at radius 3 is 2.68 bits per heavy atom. The Bertz CT molecular complexity index is 697. The summed E-state index contributed by atoms with van der Waals surface area (Å²) < 4.78 is 37.5. The molecule has 2 aromatic rings. The zero-order valence-corrected chi connectivity index (χ0v) is 12.8. The van der Waals surface area contributed by atoms with E-state index in [1.807, 2.05) is 0 Å². The highest BCUT2D eigenvalue weighted by Gasteiger charge is 2.33. The summed E-state index contributed by atoms with van der Waals surface area (Å²) >= 11 is 0.875. The molecule has 1 amide bonds. The van der Waals surface area contributed by atoms with Gasteiger partial charge < -0.3 is 10.6 Å². The molecule has 0 aliphatic heterocycles. The average Bonchev–Trinajstić information content (AvgIpc) is 2.89. The second-order valence-electron chi connectivity index (χ2n) is 4.86. The number of halogens is 3. The summed E-state index contributed by atoms with van der Waals surface area (Å²) in [6.07, 6.45) is -4.47. The fourth-order valence-electron chi connectivity index (χ4n) is 1.86. The van der Waals surface area contributed by atoms with Gasteiger partial charge in [0, 0.05) is 23.7 Å². The lowest BCUT2D eigenvalue weighted by Crippen LogP contribution is -2.27. The number of aromatic nitrogens is 1. The summed E-state index contributed by atoms with van der Waals surface area (Å²) in [5, 5.41) is 1.17. The van der Waals surface area contributed by atoms with Gasteiger partial charge in [-0.1, -0.05) is 6.07 Å². The third-order valence-electron chi connectivity index (χ3n) is 3.05. The first kappa shape index (κ1) is 16.3. The second kappa shape index (κ2) is 5.96. The highest BCUT2D eigenvalue weighted by Crippen LogP contribution is 2.30. The topological polar surface area (TPSA) is 59.2 Å². The number of hydrogen-bond acceptors (Lipinski definition) is 4. The molecule has 118 valence electrons. The minimum atomic E-state index is -4.47. The summed E-state index contributed by atoms with van der Waals surface area (Å²) in [6, 6.07) is 4.96. The van der Waals surface area contributed by atoms with Crippen LogP contribution in [0.2, 0.25) is 0 Å². The molecule has 0 aliphatic carbocycles. The van der Waals surface area contributed by atoms with Gasteiger partial charge in [0.15, 0.2) is 5.69 Å². The van der Waals surface area contributed by atoms with Crippen LogP contribution in [0.25, 0.3) is 0 Å². The van der Waals surface area contributed by atoms with Gasteiger partial charge in [-0.25, -0.2) is 4.98 Å². The van der Waals surface area contributed by atoms with Crippen LogP contribution >= 0.6 is 11.3 Å². The Balaban J connectivity index is 2.15. The van der Waals surface area contributed by atoms with Gasteiger partial charge in [-0.05, 0) is 24.6 Å². The van der Waals surface area contributed by atoms with Crippen LogP contribution < -0.4 is 5.73 Å². The largest absolute Gasteiger partial charge is 0.434 e. The van der Waals surface area contributed by atoms with Crippen molar-refractivity contribution in [3.63, 3.8) is 0 Å². The number of amides is 1. The quantitative estimate of drug-likeness (QED) is 0.879. The van der Waals surface area contributed by atoms with Crippen molar-refractivity contribution in [3.8, 4) is 0 Å². The highest BCUT2D eigenvalue weighted by molar-refractivity contribution is 7.09. The maximum Gasteiger partial charge on any atom is 0.434 e. The lowest BCUT2D eigenvalue weighted by molar-refractivity contribution is -0.140. The van der Waals surface area contributed by atoms with Crippen molar-refractivity contribution in [1.82, 2.24) is 9.88 Å². The minimum Gasteiger partial charge on any atom is -0.399 e. The number of hydrogen-bond donors (Lipinski definition) is 1. The van der Waals surface area contributed by atoms with Crippen molar-refractivity contribution in [2.75, 3.05) is 12.8 Å². The van der Waals surface area contributed by atoms with Crippen LogP contribution in [0.1, 0.15) is 26.6 Å². The van der Waals surface area contributed by atoms with Crippen molar-refractivity contribution in [3.05, 3.63) is 45.4 Å². The Labute approximate surface area is 129 Å². The number of benzene rings is 1. The number of carbonyl (C=O) groups excluding carboxylic acids is 1. The van der Waals surface area contributed by atoms with E-state index in [9.17, 15) is 18.0 Å². The maximum absolute atomic E-state index is 12.5. The number of nitrogen functional groups attached to an aromatic ring is 1. The summed E-state index contributed by atoms with van der Waals surface area (Å²) in [4.78, 5) is 17.2. The average molecular weight is 329 g/mol. The molecule has 4 nitrogen and oxygen atoms in total. The van der Waals surface area contributed by atoms with Crippen molar-refractivity contribution in [1.29, 1.82) is 0 Å². The molecule has 0 spiro atoms. The van der Waals surface area contributed by atoms with E-state index in [0.29, 0.717) is 11.3 Å². The number of alkyl halides is 3. The summed E-state index contributed by atoms with van der Waals surface area (Å²) in [5.41, 5.74) is 6.36. The van der Waals surface area contributed by atoms with Crippen molar-refractivity contribution < 1.29 is 18.0 Å². The van der Waals surface area contributed by atoms with E-state index in [0.717, 1.165) is 22.3 Å². The van der Waals surface area contributed by atoms with Crippen LogP contribution in [-0.4, -0.2) is 22.8 Å². The number of anilines is 1. The van der Waals surface area contributed by atoms with Gasteiger partial charge >= 0.3 is 6.18 Å². The van der Waals surface area contributed by atoms with Crippen LogP contribution in [0.4, 0.5) is 18.9 Å². The molecular weight excluding hydrogens is 315 g/mol. The smallest absolute Gasteiger partial charge is 0.399 e. The molecule has 0 unspecified atom stereocenters. The van der Waals surface area contributed by atoms with Crippen molar-refractivity contribution >= 4 is 22.9 Å². The Morgan fingerprint density at radius 2 is 2.09 bits per heavy atom. The molecule has 0 saturated heterocycles. The fraction of sp³-hybridized carbons (Fsp3) is 0.286. The third kappa shape index (κ3) is 3.56. The van der Waals surface area contributed by atoms with E-state index in [-0.39, 0.29) is 17.5 Å². The molecule has 0 radical (unpaired) electrons. The summed E-state index contributed by atoms with van der Waals surface area (Å²) in [6.45, 7) is 1.78. The van der Waals surface area contributed by atoms with Gasteiger partial charge in [0.25, 0.3) is 5.91 Å². The second-order valence-corrected chi connectivity index (χ2v) is 5.80. The van der Waals surface area contributed by atoms with E-state index in [1.165, 1.54) is 11.9 Å². The van der Waals surface area contributed by atoms with Gasteiger partial charge in [-0.15, -0.1) is 11.3 Å². The molecule has 0 fully saturated rings. The zero-order valence-electron chi connectivity index (χ0n) is 11.9. The number of aryl methyl sites for hydroxylation is 1. The molecule has 0 saturated carbocycles. The van der Waals surface area contributed by atoms with E-state index < -0.39 is 11.9 Å². The Morgan fingerprint density at radius 1 is 1.41 bits per heavy atom. The number of thiazole rings is 1. The predicted molar refractivity (Wildman–Crippen MR) is 78.5 cm³/mol. The van der Waals surface area contributed by atoms with Crippen LogP contribution in [-0.2, 0) is 12.7 Å². The van der Waals surface area contributed by atoms with Gasteiger partial charge in [0.05, 0.1) is 6.54 Å². The van der Waals surface area contributed by atoms with Gasteiger partial charge in [-0.2, -0.15) is 13.2 Å². The molecule has 1 aromatic heterocycles. The van der Waals surface area contributed by atoms with E-state index in [1.54, 1.807) is 25.1 Å². The lowest BCUT2D eigenvalue weighted by Gasteiger charge is -2.17. The number of nitrogens with two attached hydrogens (primary N) is 1. The van der Waals surface area contributed by atoms with Crippen molar-refractivity contribution in [2.45, 2.75) is 19.6 Å². The van der Waals surface area contributed by atoms with E-state index >= 15 is 0 Å². The number of carbonyl (C=O) groups is 1. The first-order valence-electron chi connectivity index (χ1n) is 6.31. The first-order chi connectivity index (χ1) is 10.2. The Hall–Kier alpha value is -2.09. The molecule has 1 heterocycles. The minimum absolute atomic E-state index is 0.00776. The van der Waals surface area contributed by atoms with E-state index in [4.69, 9.17) is 5.73 Å². The van der Waals surface area contributed by atoms with Crippen LogP contribution in [0.3, 0.4) is 0 Å². The number of nitrogens with zero attached hydrogens (tertiary/aromatic N) is 2.